The SMILES string of the molecule is CC(C)N1CC[N+](C(C)C)=C1Cl.F[P-](F)(F)(F)(F)F. The molecule has 1 aliphatic rings. The molecule has 1 aliphatic heterocycles. The summed E-state index contributed by atoms with van der Waals surface area (Å²) in [6.45, 7) is 10.8. The molecule has 0 amide bonds. The zero-order valence-corrected chi connectivity index (χ0v) is 12.7. The van der Waals surface area contributed by atoms with E-state index >= 15 is 0 Å². The van der Waals surface area contributed by atoms with Gasteiger partial charge in [0.2, 0.25) is 0 Å². The van der Waals surface area contributed by atoms with E-state index < -0.39 is 7.81 Å². The van der Waals surface area contributed by atoms with E-state index in [9.17, 15) is 25.2 Å². The molecule has 0 bridgehead atoms. The summed E-state index contributed by atoms with van der Waals surface area (Å²) in [5, 5.41) is 0.917. The van der Waals surface area contributed by atoms with Crippen LogP contribution in [-0.4, -0.2) is 39.9 Å². The third-order valence-corrected chi connectivity index (χ3v) is 2.74. The van der Waals surface area contributed by atoms with Crippen molar-refractivity contribution >= 4 is 24.7 Å². The molecule has 0 aromatic heterocycles. The number of hydrogen-bond donors (Lipinski definition) is 0. The van der Waals surface area contributed by atoms with Gasteiger partial charge in [-0.1, -0.05) is 0 Å². The van der Waals surface area contributed by atoms with Crippen molar-refractivity contribution in [1.29, 1.82) is 0 Å². The van der Waals surface area contributed by atoms with Gasteiger partial charge in [0.15, 0.2) is 0 Å². The summed E-state index contributed by atoms with van der Waals surface area (Å²) in [5.41, 5.74) is 0. The average molecular weight is 335 g/mol. The van der Waals surface area contributed by atoms with Crippen molar-refractivity contribution < 1.29 is 29.8 Å². The molecule has 19 heavy (non-hydrogen) atoms. The molecule has 0 spiro atoms. The fourth-order valence-corrected chi connectivity index (χ4v) is 2.07. The minimum atomic E-state index is -10.7. The van der Waals surface area contributed by atoms with Crippen LogP contribution in [0, 0.1) is 0 Å². The van der Waals surface area contributed by atoms with Gasteiger partial charge in [0.05, 0.1) is 12.1 Å². The van der Waals surface area contributed by atoms with Gasteiger partial charge < -0.3 is 0 Å². The monoisotopic (exact) mass is 334 g/mol. The summed E-state index contributed by atoms with van der Waals surface area (Å²) in [5.74, 6) is 0. The molecule has 0 unspecified atom stereocenters. The molecule has 1 rings (SSSR count). The third-order valence-electron chi connectivity index (χ3n) is 2.30. The van der Waals surface area contributed by atoms with Gasteiger partial charge in [0, 0.05) is 11.6 Å². The van der Waals surface area contributed by atoms with Gasteiger partial charge in [0.1, 0.15) is 13.1 Å². The second-order valence-corrected chi connectivity index (χ2v) is 7.06. The van der Waals surface area contributed by atoms with E-state index in [1.807, 2.05) is 0 Å². The average Bonchev–Trinajstić information content (AvgIpc) is 2.40. The van der Waals surface area contributed by atoms with Crippen LogP contribution in [0.2, 0.25) is 0 Å². The molecule has 0 aromatic carbocycles. The quantitative estimate of drug-likeness (QED) is 0.294. The van der Waals surface area contributed by atoms with Crippen LogP contribution in [0.1, 0.15) is 27.7 Å². The number of amidine groups is 1. The van der Waals surface area contributed by atoms with E-state index in [1.54, 1.807) is 0 Å². The van der Waals surface area contributed by atoms with Gasteiger partial charge in [-0.25, -0.2) is 9.48 Å². The Labute approximate surface area is 113 Å². The van der Waals surface area contributed by atoms with E-state index in [2.05, 4.69) is 37.2 Å². The van der Waals surface area contributed by atoms with Crippen LogP contribution in [0.3, 0.4) is 0 Å². The third kappa shape index (κ3) is 10.2. The molecular weight excluding hydrogens is 317 g/mol. The summed E-state index contributed by atoms with van der Waals surface area (Å²) in [6.07, 6.45) is 0. The van der Waals surface area contributed by atoms with Crippen molar-refractivity contribution in [3.05, 3.63) is 0 Å². The van der Waals surface area contributed by atoms with Gasteiger partial charge in [-0.3, -0.25) is 0 Å². The predicted molar refractivity (Wildman–Crippen MR) is 66.5 cm³/mol. The van der Waals surface area contributed by atoms with Gasteiger partial charge >= 0.3 is 38.3 Å². The maximum absolute atomic E-state index is 10.7. The van der Waals surface area contributed by atoms with E-state index in [4.69, 9.17) is 11.6 Å². The van der Waals surface area contributed by atoms with Crippen LogP contribution >= 0.6 is 19.4 Å². The van der Waals surface area contributed by atoms with E-state index in [1.165, 1.54) is 0 Å². The molecule has 0 aliphatic carbocycles. The minimum absolute atomic E-state index is 0.515. The van der Waals surface area contributed by atoms with Crippen molar-refractivity contribution in [2.45, 2.75) is 39.8 Å². The van der Waals surface area contributed by atoms with Crippen molar-refractivity contribution in [2.24, 2.45) is 0 Å². The van der Waals surface area contributed by atoms with Crippen LogP contribution in [0.15, 0.2) is 0 Å². The Morgan fingerprint density at radius 3 is 1.58 bits per heavy atom. The fourth-order valence-electron chi connectivity index (χ4n) is 1.51. The second-order valence-electron chi connectivity index (χ2n) is 4.80. The Kier molecular flexibility index (Phi) is 4.89. The van der Waals surface area contributed by atoms with E-state index in [0.29, 0.717) is 12.1 Å². The van der Waals surface area contributed by atoms with E-state index in [-0.39, 0.29) is 0 Å². The molecule has 1 heterocycles. The molecule has 0 N–H and O–H groups in total. The Morgan fingerprint density at radius 2 is 1.42 bits per heavy atom. The summed E-state index contributed by atoms with van der Waals surface area (Å²) in [7, 11) is -10.7. The summed E-state index contributed by atoms with van der Waals surface area (Å²) in [6, 6.07) is 1.03. The topological polar surface area (TPSA) is 6.25 Å². The fraction of sp³-hybridized carbons (Fsp3) is 0.889. The molecule has 0 fully saturated rings. The van der Waals surface area contributed by atoms with Crippen LogP contribution < -0.4 is 0 Å². The zero-order valence-electron chi connectivity index (χ0n) is 11.1. The number of halogens is 7. The van der Waals surface area contributed by atoms with Crippen molar-refractivity contribution in [2.75, 3.05) is 13.1 Å². The van der Waals surface area contributed by atoms with Gasteiger partial charge in [0.25, 0.3) is 0 Å². The van der Waals surface area contributed by atoms with E-state index in [0.717, 1.165) is 18.4 Å². The van der Waals surface area contributed by atoms with Crippen LogP contribution in [0.25, 0.3) is 0 Å². The molecule has 0 radical (unpaired) electrons. The van der Waals surface area contributed by atoms with Crippen LogP contribution in [0.5, 0.6) is 0 Å². The molecule has 118 valence electrons. The number of nitrogens with zero attached hydrogens (tertiary/aromatic N) is 2. The van der Waals surface area contributed by atoms with Gasteiger partial charge in [-0.15, -0.1) is 0 Å². The first kappa shape index (κ1) is 18.8. The molecular formula is C9H18ClF6N2P. The molecule has 10 heteroatoms. The Morgan fingerprint density at radius 1 is 1.05 bits per heavy atom. The van der Waals surface area contributed by atoms with Crippen molar-refractivity contribution in [3.63, 3.8) is 0 Å². The first-order valence-electron chi connectivity index (χ1n) is 5.61. The maximum atomic E-state index is 9.87. The Balaban J connectivity index is 0.000000399. The summed E-state index contributed by atoms with van der Waals surface area (Å²) < 4.78 is 61.4. The van der Waals surface area contributed by atoms with Crippen molar-refractivity contribution in [3.8, 4) is 0 Å². The van der Waals surface area contributed by atoms with Crippen molar-refractivity contribution in [1.82, 2.24) is 4.90 Å². The first-order chi connectivity index (χ1) is 7.99. The normalized spacial score (nSPS) is 20.4. The predicted octanol–water partition coefficient (Wildman–Crippen LogP) is 5.11. The summed E-state index contributed by atoms with van der Waals surface area (Å²) in [4.78, 5) is 2.24. The molecule has 0 atom stereocenters. The molecule has 0 saturated carbocycles. The summed E-state index contributed by atoms with van der Waals surface area (Å²) >= 11 is 6.20. The Bertz CT molecular complexity index is 350. The molecule has 0 aromatic rings. The van der Waals surface area contributed by atoms with Gasteiger partial charge in [-0.2, -0.15) is 0 Å². The number of hydrogen-bond acceptors (Lipinski definition) is 1. The molecule has 0 saturated heterocycles. The zero-order chi connectivity index (χ0) is 15.7. The van der Waals surface area contributed by atoms with Gasteiger partial charge in [-0.05, 0) is 27.7 Å². The van der Waals surface area contributed by atoms with Crippen LogP contribution in [-0.2, 0) is 0 Å². The Hall–Kier alpha value is -0.230. The second kappa shape index (κ2) is 4.95. The first-order valence-corrected chi connectivity index (χ1v) is 8.01. The van der Waals surface area contributed by atoms with Crippen LogP contribution in [0.4, 0.5) is 25.2 Å². The molecule has 2 nitrogen and oxygen atoms in total. The number of rotatable bonds is 2. The standard InChI is InChI=1S/C9H18ClN2.F6P/c1-7(2)11-5-6-12(8(3)4)9(11)10;1-7(2,3,4,5)6/h7-8H,5-6H2,1-4H3;/q+1;-1.